The van der Waals surface area contributed by atoms with Gasteiger partial charge in [0.1, 0.15) is 0 Å². The van der Waals surface area contributed by atoms with E-state index >= 15 is 0 Å². The number of thiocarbonyl (C=S) groups is 1. The average molecular weight is 323 g/mol. The van der Waals surface area contributed by atoms with Gasteiger partial charge in [0.25, 0.3) is 5.17 Å². The van der Waals surface area contributed by atoms with Crippen molar-refractivity contribution < 1.29 is 9.30 Å². The Balaban J connectivity index is 2.08. The van der Waals surface area contributed by atoms with Crippen molar-refractivity contribution in [2.75, 3.05) is 11.9 Å². The third-order valence-electron chi connectivity index (χ3n) is 3.90. The minimum atomic E-state index is 0.393. The maximum atomic E-state index is 5.57. The van der Waals surface area contributed by atoms with E-state index in [2.05, 4.69) is 46.2 Å². The van der Waals surface area contributed by atoms with Crippen LogP contribution in [0.25, 0.3) is 17.0 Å². The van der Waals surface area contributed by atoms with Gasteiger partial charge < -0.3 is 10.1 Å². The number of allylic oxidation sites excluding steroid dienone is 1. The second-order valence-electron chi connectivity index (χ2n) is 5.41. The molecule has 0 saturated heterocycles. The maximum absolute atomic E-state index is 5.57. The van der Waals surface area contributed by atoms with Crippen LogP contribution in [0.2, 0.25) is 0 Å². The molecule has 3 nitrogen and oxygen atoms in total. The van der Waals surface area contributed by atoms with Gasteiger partial charge in [-0.25, -0.2) is 0 Å². The molecule has 1 aromatic heterocycles. The Morgan fingerprint density at radius 1 is 1.43 bits per heavy atom. The van der Waals surface area contributed by atoms with Crippen LogP contribution >= 0.6 is 12.2 Å². The monoisotopic (exact) mass is 323 g/mol. The first-order valence-corrected chi connectivity index (χ1v) is 8.17. The Morgan fingerprint density at radius 3 is 3.09 bits per heavy atom. The summed E-state index contributed by atoms with van der Waals surface area (Å²) in [6.07, 6.45) is 12.1. The summed E-state index contributed by atoms with van der Waals surface area (Å²) < 4.78 is 7.49. The molecule has 0 unspecified atom stereocenters. The number of nitrogens with one attached hydrogen (secondary N) is 1. The van der Waals surface area contributed by atoms with Crippen LogP contribution in [0.4, 0.5) is 5.69 Å². The average Bonchev–Trinajstić information content (AvgIpc) is 2.55. The number of anilines is 1. The lowest BCUT2D eigenvalue weighted by atomic mass is 9.99. The maximum Gasteiger partial charge on any atom is 0.261 e. The van der Waals surface area contributed by atoms with Crippen molar-refractivity contribution in [3.8, 4) is 12.3 Å². The largest absolute Gasteiger partial charge is 0.471 e. The predicted octanol–water partition coefficient (Wildman–Crippen LogP) is 3.45. The molecule has 0 saturated carbocycles. The van der Waals surface area contributed by atoms with E-state index in [1.54, 1.807) is 0 Å². The van der Waals surface area contributed by atoms with Crippen LogP contribution in [-0.2, 0) is 17.7 Å². The van der Waals surface area contributed by atoms with Crippen molar-refractivity contribution in [3.63, 3.8) is 0 Å². The topological polar surface area (TPSA) is 25.1 Å². The number of pyridine rings is 1. The zero-order chi connectivity index (χ0) is 16.2. The molecule has 0 spiro atoms. The van der Waals surface area contributed by atoms with Crippen LogP contribution in [0.5, 0.6) is 0 Å². The van der Waals surface area contributed by atoms with Crippen molar-refractivity contribution in [3.05, 3.63) is 41.6 Å². The van der Waals surface area contributed by atoms with Gasteiger partial charge in [-0.15, -0.1) is 6.42 Å². The Labute approximate surface area is 142 Å². The van der Waals surface area contributed by atoms with Gasteiger partial charge in [-0.2, -0.15) is 4.57 Å². The number of rotatable bonds is 3. The molecule has 0 amide bonds. The number of aryl methyl sites for hydroxylation is 1. The summed E-state index contributed by atoms with van der Waals surface area (Å²) >= 11 is 5.15. The molecule has 1 aromatic carbocycles. The first kappa shape index (κ1) is 15.5. The molecule has 4 heteroatoms. The summed E-state index contributed by atoms with van der Waals surface area (Å²) in [5, 5.41) is 4.66. The first-order chi connectivity index (χ1) is 11.2. The molecule has 2 aromatic rings. The summed E-state index contributed by atoms with van der Waals surface area (Å²) in [6.45, 7) is 3.03. The SMILES string of the molecule is C#CC[n+]1c2c(cc3cc(NC(=S)OCC)ccc31)CCC=C2. The highest BCUT2D eigenvalue weighted by molar-refractivity contribution is 7.80. The number of fused-ring (bicyclic) bond motifs is 2. The minimum absolute atomic E-state index is 0.393. The number of aromatic nitrogens is 1. The van der Waals surface area contributed by atoms with E-state index in [0.29, 0.717) is 18.3 Å². The molecule has 0 aliphatic heterocycles. The van der Waals surface area contributed by atoms with Crippen LogP contribution in [0.3, 0.4) is 0 Å². The van der Waals surface area contributed by atoms with Gasteiger partial charge in [0.05, 0.1) is 6.61 Å². The highest BCUT2D eigenvalue weighted by Gasteiger charge is 2.20. The number of hydrogen-bond donors (Lipinski definition) is 1. The van der Waals surface area contributed by atoms with E-state index in [-0.39, 0.29) is 0 Å². The van der Waals surface area contributed by atoms with E-state index in [4.69, 9.17) is 23.4 Å². The molecule has 1 N–H and O–H groups in total. The fraction of sp³-hybridized carbons (Fsp3) is 0.263. The van der Waals surface area contributed by atoms with Crippen molar-refractivity contribution in [1.29, 1.82) is 0 Å². The number of hydrogen-bond acceptors (Lipinski definition) is 2. The molecule has 0 bridgehead atoms. The lowest BCUT2D eigenvalue weighted by molar-refractivity contribution is -0.660. The Morgan fingerprint density at radius 2 is 2.30 bits per heavy atom. The van der Waals surface area contributed by atoms with Crippen molar-refractivity contribution >= 4 is 40.1 Å². The van der Waals surface area contributed by atoms with Crippen molar-refractivity contribution in [2.45, 2.75) is 26.3 Å². The van der Waals surface area contributed by atoms with Crippen LogP contribution < -0.4 is 9.88 Å². The molecule has 116 valence electrons. The van der Waals surface area contributed by atoms with Crippen molar-refractivity contribution in [2.24, 2.45) is 0 Å². The minimum Gasteiger partial charge on any atom is -0.471 e. The molecule has 0 fully saturated rings. The molecular formula is C19H19N2OS+. The van der Waals surface area contributed by atoms with Gasteiger partial charge in [0.15, 0.2) is 0 Å². The molecule has 1 aliphatic carbocycles. The fourth-order valence-electron chi connectivity index (χ4n) is 2.94. The van der Waals surface area contributed by atoms with Gasteiger partial charge in [-0.3, -0.25) is 0 Å². The third kappa shape index (κ3) is 3.20. The van der Waals surface area contributed by atoms with Crippen molar-refractivity contribution in [1.82, 2.24) is 0 Å². The number of benzene rings is 1. The molecule has 0 atom stereocenters. The van der Waals surface area contributed by atoms with Gasteiger partial charge in [-0.1, -0.05) is 6.08 Å². The Hall–Kier alpha value is -2.38. The standard InChI is InChI=1S/C19H18N2OS/c1-3-11-21-17-8-6-5-7-14(17)12-15-13-16(9-10-18(15)21)20-19(23)22-4-2/h1,6,8-10,12-13H,4-5,7,11H2,2H3/p+1. The summed E-state index contributed by atoms with van der Waals surface area (Å²) in [7, 11) is 0. The molecule has 1 heterocycles. The molecule has 3 rings (SSSR count). The van der Waals surface area contributed by atoms with Gasteiger partial charge in [0.2, 0.25) is 17.8 Å². The summed E-state index contributed by atoms with van der Waals surface area (Å²) in [5.41, 5.74) is 4.60. The summed E-state index contributed by atoms with van der Waals surface area (Å²) in [5.74, 6) is 2.76. The van der Waals surface area contributed by atoms with Crippen LogP contribution in [-0.4, -0.2) is 11.8 Å². The smallest absolute Gasteiger partial charge is 0.261 e. The van der Waals surface area contributed by atoms with Crippen LogP contribution in [0.1, 0.15) is 24.6 Å². The van der Waals surface area contributed by atoms with E-state index in [0.717, 1.165) is 29.4 Å². The molecule has 1 aliphatic rings. The Bertz CT molecular complexity index is 833. The number of ether oxygens (including phenoxy) is 1. The van der Waals surface area contributed by atoms with Crippen LogP contribution in [0.15, 0.2) is 30.3 Å². The lowest BCUT2D eigenvalue weighted by Crippen LogP contribution is -2.39. The van der Waals surface area contributed by atoms with E-state index in [9.17, 15) is 0 Å². The summed E-state index contributed by atoms with van der Waals surface area (Å²) in [4.78, 5) is 0. The van der Waals surface area contributed by atoms with E-state index < -0.39 is 0 Å². The predicted molar refractivity (Wildman–Crippen MR) is 98.2 cm³/mol. The normalized spacial score (nSPS) is 12.5. The van der Waals surface area contributed by atoms with Gasteiger partial charge in [-0.05, 0) is 56.1 Å². The fourth-order valence-corrected chi connectivity index (χ4v) is 3.17. The molecule has 0 radical (unpaired) electrons. The van der Waals surface area contributed by atoms with E-state index in [1.807, 2.05) is 13.0 Å². The highest BCUT2D eigenvalue weighted by Crippen LogP contribution is 2.24. The first-order valence-electron chi connectivity index (χ1n) is 7.76. The zero-order valence-corrected chi connectivity index (χ0v) is 14.0. The summed E-state index contributed by atoms with van der Waals surface area (Å²) in [6, 6.07) is 8.41. The van der Waals surface area contributed by atoms with Crippen LogP contribution in [0, 0.1) is 12.3 Å². The highest BCUT2D eigenvalue weighted by atomic mass is 32.1. The van der Waals surface area contributed by atoms with Gasteiger partial charge >= 0.3 is 0 Å². The zero-order valence-electron chi connectivity index (χ0n) is 13.1. The second kappa shape index (κ2) is 6.80. The van der Waals surface area contributed by atoms with Gasteiger partial charge in [0, 0.05) is 28.8 Å². The number of nitrogens with zero attached hydrogens (tertiary/aromatic N) is 1. The Kier molecular flexibility index (Phi) is 4.59. The second-order valence-corrected chi connectivity index (χ2v) is 5.78. The number of terminal acetylenes is 1. The third-order valence-corrected chi connectivity index (χ3v) is 4.12. The lowest BCUT2D eigenvalue weighted by Gasteiger charge is -2.13. The molecular weight excluding hydrogens is 304 g/mol. The quantitative estimate of drug-likeness (QED) is 0.532. The van der Waals surface area contributed by atoms with E-state index in [1.165, 1.54) is 11.3 Å². The molecule has 23 heavy (non-hydrogen) atoms.